The number of amides is 1. The van der Waals surface area contributed by atoms with Crippen molar-refractivity contribution in [1.82, 2.24) is 4.90 Å². The van der Waals surface area contributed by atoms with Crippen LogP contribution in [0.2, 0.25) is 0 Å². The van der Waals surface area contributed by atoms with Crippen molar-refractivity contribution >= 4 is 11.6 Å². The number of ether oxygens (including phenoxy) is 2. The smallest absolute Gasteiger partial charge is 0.253 e. The number of benzene rings is 2. The van der Waals surface area contributed by atoms with Gasteiger partial charge in [0.2, 0.25) is 0 Å². The van der Waals surface area contributed by atoms with Crippen molar-refractivity contribution in [1.29, 1.82) is 0 Å². The van der Waals surface area contributed by atoms with Gasteiger partial charge < -0.3 is 19.7 Å². The fourth-order valence-corrected chi connectivity index (χ4v) is 3.04. The van der Waals surface area contributed by atoms with E-state index in [1.165, 1.54) is 0 Å². The van der Waals surface area contributed by atoms with Crippen LogP contribution in [0.15, 0.2) is 48.5 Å². The lowest BCUT2D eigenvalue weighted by atomic mass is 10.0. The van der Waals surface area contributed by atoms with Crippen LogP contribution >= 0.6 is 0 Å². The van der Waals surface area contributed by atoms with Crippen molar-refractivity contribution < 1.29 is 14.3 Å². The van der Waals surface area contributed by atoms with Crippen LogP contribution in [0.5, 0.6) is 5.75 Å². The van der Waals surface area contributed by atoms with Gasteiger partial charge in [-0.2, -0.15) is 0 Å². The molecule has 26 heavy (non-hydrogen) atoms. The van der Waals surface area contributed by atoms with Crippen molar-refractivity contribution in [3.8, 4) is 5.75 Å². The third-order valence-electron chi connectivity index (χ3n) is 4.44. The van der Waals surface area contributed by atoms with Crippen molar-refractivity contribution in [2.75, 3.05) is 32.2 Å². The fourth-order valence-electron chi connectivity index (χ4n) is 3.04. The zero-order chi connectivity index (χ0) is 18.6. The molecule has 0 radical (unpaired) electrons. The van der Waals surface area contributed by atoms with Gasteiger partial charge >= 0.3 is 0 Å². The van der Waals surface area contributed by atoms with Crippen molar-refractivity contribution in [3.63, 3.8) is 0 Å². The third kappa shape index (κ3) is 4.17. The van der Waals surface area contributed by atoms with E-state index in [4.69, 9.17) is 9.47 Å². The zero-order valence-corrected chi connectivity index (χ0v) is 15.6. The van der Waals surface area contributed by atoms with E-state index in [1.807, 2.05) is 62.5 Å². The maximum Gasteiger partial charge on any atom is 0.253 e. The van der Waals surface area contributed by atoms with Crippen molar-refractivity contribution in [3.05, 3.63) is 59.7 Å². The molecule has 0 bridgehead atoms. The summed E-state index contributed by atoms with van der Waals surface area (Å²) in [6, 6.07) is 15.5. The second-order valence-electron chi connectivity index (χ2n) is 6.97. The fraction of sp³-hybridized carbons (Fsp3) is 0.381. The Morgan fingerprint density at radius 2 is 2.04 bits per heavy atom. The maximum absolute atomic E-state index is 12.8. The van der Waals surface area contributed by atoms with Gasteiger partial charge in [-0.1, -0.05) is 30.3 Å². The molecule has 2 aromatic carbocycles. The molecule has 0 aliphatic carbocycles. The Balaban J connectivity index is 1.73. The highest BCUT2D eigenvalue weighted by molar-refractivity contribution is 5.95. The van der Waals surface area contributed by atoms with Gasteiger partial charge in [0.05, 0.1) is 17.8 Å². The molecular weight excluding hydrogens is 328 g/mol. The Bertz CT molecular complexity index is 763. The van der Waals surface area contributed by atoms with Gasteiger partial charge in [-0.25, -0.2) is 0 Å². The van der Waals surface area contributed by atoms with Gasteiger partial charge in [0.15, 0.2) is 0 Å². The number of hydrogen-bond acceptors (Lipinski definition) is 4. The highest BCUT2D eigenvalue weighted by atomic mass is 16.5. The first kappa shape index (κ1) is 18.3. The summed E-state index contributed by atoms with van der Waals surface area (Å²) in [6.45, 7) is 6.34. The number of nitrogens with zero attached hydrogens (tertiary/aromatic N) is 1. The number of carbonyl (C=O) groups is 1. The molecule has 138 valence electrons. The average molecular weight is 354 g/mol. The molecule has 1 aliphatic heterocycles. The number of hydrogen-bond donors (Lipinski definition) is 1. The first-order valence-corrected chi connectivity index (χ1v) is 8.93. The molecule has 0 saturated heterocycles. The molecule has 5 heteroatoms. The SMILES string of the molecule is CCOCC1(C)COc2ccc(C(=O)N(C)Cc3ccccc3)cc2N1. The molecule has 1 heterocycles. The van der Waals surface area contributed by atoms with Gasteiger partial charge in [-0.3, -0.25) is 4.79 Å². The largest absolute Gasteiger partial charge is 0.489 e. The number of anilines is 1. The lowest BCUT2D eigenvalue weighted by Crippen LogP contribution is -2.48. The van der Waals surface area contributed by atoms with E-state index in [9.17, 15) is 4.79 Å². The molecule has 0 spiro atoms. The molecule has 0 aromatic heterocycles. The Kier molecular flexibility index (Phi) is 5.47. The number of nitrogens with one attached hydrogen (secondary N) is 1. The maximum atomic E-state index is 12.8. The van der Waals surface area contributed by atoms with E-state index in [0.717, 1.165) is 17.0 Å². The van der Waals surface area contributed by atoms with E-state index < -0.39 is 0 Å². The Morgan fingerprint density at radius 1 is 1.27 bits per heavy atom. The van der Waals surface area contributed by atoms with E-state index in [2.05, 4.69) is 12.2 Å². The van der Waals surface area contributed by atoms with Crippen molar-refractivity contribution in [2.24, 2.45) is 0 Å². The average Bonchev–Trinajstić information content (AvgIpc) is 2.66. The first-order valence-electron chi connectivity index (χ1n) is 8.93. The molecular formula is C21H26N2O3. The van der Waals surface area contributed by atoms with Crippen molar-refractivity contribution in [2.45, 2.75) is 25.9 Å². The predicted molar refractivity (Wildman–Crippen MR) is 103 cm³/mol. The second kappa shape index (κ2) is 7.79. The number of fused-ring (bicyclic) bond motifs is 1. The molecule has 3 rings (SSSR count). The van der Waals surface area contributed by atoms with E-state index in [0.29, 0.717) is 31.9 Å². The van der Waals surface area contributed by atoms with Crippen LogP contribution in [0.4, 0.5) is 5.69 Å². The number of carbonyl (C=O) groups excluding carboxylic acids is 1. The topological polar surface area (TPSA) is 50.8 Å². The van der Waals surface area contributed by atoms with E-state index in [-0.39, 0.29) is 11.4 Å². The van der Waals surface area contributed by atoms with Crippen LogP contribution in [0, 0.1) is 0 Å². The monoisotopic (exact) mass is 354 g/mol. The number of rotatable bonds is 6. The Morgan fingerprint density at radius 3 is 2.77 bits per heavy atom. The summed E-state index contributed by atoms with van der Waals surface area (Å²) in [5.74, 6) is 0.747. The van der Waals surface area contributed by atoms with Gasteiger partial charge in [0.1, 0.15) is 12.4 Å². The Hall–Kier alpha value is -2.53. The molecule has 0 saturated carbocycles. The summed E-state index contributed by atoms with van der Waals surface area (Å²) >= 11 is 0. The Labute approximate surface area is 154 Å². The van der Waals surface area contributed by atoms with Gasteiger partial charge in [0.25, 0.3) is 5.91 Å². The standard InChI is InChI=1S/C21H26N2O3/c1-4-25-14-21(2)15-26-19-11-10-17(12-18(19)22-21)20(24)23(3)13-16-8-6-5-7-9-16/h5-12,22H,4,13-15H2,1-3H3. The van der Waals surface area contributed by atoms with E-state index >= 15 is 0 Å². The van der Waals surface area contributed by atoms with Crippen LogP contribution in [0.25, 0.3) is 0 Å². The summed E-state index contributed by atoms with van der Waals surface area (Å²) in [5, 5.41) is 3.47. The molecule has 1 N–H and O–H groups in total. The lowest BCUT2D eigenvalue weighted by molar-refractivity contribution is 0.0782. The summed E-state index contributed by atoms with van der Waals surface area (Å²) in [6.07, 6.45) is 0. The van der Waals surface area contributed by atoms with Crippen LogP contribution < -0.4 is 10.1 Å². The predicted octanol–water partition coefficient (Wildman–Crippen LogP) is 3.56. The van der Waals surface area contributed by atoms with Gasteiger partial charge in [0, 0.05) is 25.8 Å². The molecule has 1 aliphatic rings. The lowest BCUT2D eigenvalue weighted by Gasteiger charge is -2.36. The molecule has 0 fully saturated rings. The zero-order valence-electron chi connectivity index (χ0n) is 15.6. The van der Waals surface area contributed by atoms with E-state index in [1.54, 1.807) is 4.90 Å². The van der Waals surface area contributed by atoms with Crippen LogP contribution in [0.1, 0.15) is 29.8 Å². The summed E-state index contributed by atoms with van der Waals surface area (Å²) in [5.41, 5.74) is 2.27. The quantitative estimate of drug-likeness (QED) is 0.862. The summed E-state index contributed by atoms with van der Waals surface area (Å²) < 4.78 is 11.4. The molecule has 2 aromatic rings. The van der Waals surface area contributed by atoms with Crippen LogP contribution in [0.3, 0.4) is 0 Å². The third-order valence-corrected chi connectivity index (χ3v) is 4.44. The molecule has 1 amide bonds. The van der Waals surface area contributed by atoms with Gasteiger partial charge in [-0.15, -0.1) is 0 Å². The molecule has 1 atom stereocenters. The second-order valence-corrected chi connectivity index (χ2v) is 6.97. The van der Waals surface area contributed by atoms with Crippen LogP contribution in [-0.2, 0) is 11.3 Å². The summed E-state index contributed by atoms with van der Waals surface area (Å²) in [7, 11) is 1.82. The molecule has 1 unspecified atom stereocenters. The minimum absolute atomic E-state index is 0.0180. The van der Waals surface area contributed by atoms with Crippen LogP contribution in [-0.4, -0.2) is 43.2 Å². The molecule has 5 nitrogen and oxygen atoms in total. The highest BCUT2D eigenvalue weighted by Crippen LogP contribution is 2.33. The summed E-state index contributed by atoms with van der Waals surface area (Å²) in [4.78, 5) is 14.5. The minimum atomic E-state index is -0.305. The van der Waals surface area contributed by atoms with Gasteiger partial charge in [-0.05, 0) is 37.6 Å². The normalized spacial score (nSPS) is 18.4. The highest BCUT2D eigenvalue weighted by Gasteiger charge is 2.31. The minimum Gasteiger partial charge on any atom is -0.489 e. The first-order chi connectivity index (χ1) is 12.5.